The Bertz CT molecular complexity index is 878. The molecule has 1 heterocycles. The third-order valence-electron chi connectivity index (χ3n) is 3.43. The average molecular weight is 394 g/mol. The monoisotopic (exact) mass is 393 g/mol. The Morgan fingerprint density at radius 3 is 2.78 bits per heavy atom. The predicted octanol–water partition coefficient (Wildman–Crippen LogP) is 4.74. The van der Waals surface area contributed by atoms with Crippen LogP contribution in [0.3, 0.4) is 0 Å². The van der Waals surface area contributed by atoms with Crippen molar-refractivity contribution in [3.8, 4) is 5.75 Å². The van der Waals surface area contributed by atoms with E-state index < -0.39 is 0 Å². The van der Waals surface area contributed by atoms with Crippen molar-refractivity contribution in [2.24, 2.45) is 0 Å². The highest BCUT2D eigenvalue weighted by molar-refractivity contribution is 9.10. The van der Waals surface area contributed by atoms with Gasteiger partial charge in [-0.25, -0.2) is 4.39 Å². The van der Waals surface area contributed by atoms with Crippen LogP contribution >= 0.6 is 27.3 Å². The third kappa shape index (κ3) is 3.09. The van der Waals surface area contributed by atoms with Gasteiger partial charge in [0.15, 0.2) is 5.75 Å². The number of hydrogen-bond donors (Lipinski definition) is 1. The van der Waals surface area contributed by atoms with E-state index in [0.717, 1.165) is 10.0 Å². The number of amides is 1. The van der Waals surface area contributed by atoms with Crippen molar-refractivity contribution in [1.82, 2.24) is 5.32 Å². The van der Waals surface area contributed by atoms with Crippen molar-refractivity contribution in [2.45, 2.75) is 6.54 Å². The molecule has 0 aliphatic rings. The molecular formula is C17H13BrFNO2S. The van der Waals surface area contributed by atoms with Crippen LogP contribution in [0.5, 0.6) is 5.75 Å². The number of carbonyl (C=O) groups is 1. The first-order valence-corrected chi connectivity index (χ1v) is 8.49. The lowest BCUT2D eigenvalue weighted by Crippen LogP contribution is -2.22. The number of halogens is 2. The number of methoxy groups -OCH3 is 1. The van der Waals surface area contributed by atoms with Crippen LogP contribution < -0.4 is 10.1 Å². The second-order valence-electron chi connectivity index (χ2n) is 4.85. The molecule has 0 aliphatic carbocycles. The molecule has 0 saturated heterocycles. The number of fused-ring (bicyclic) bond motifs is 1. The van der Waals surface area contributed by atoms with Gasteiger partial charge in [-0.2, -0.15) is 0 Å². The normalized spacial score (nSPS) is 10.7. The zero-order valence-electron chi connectivity index (χ0n) is 12.2. The fraction of sp³-hybridized carbons (Fsp3) is 0.118. The molecule has 0 bridgehead atoms. The second-order valence-corrected chi connectivity index (χ2v) is 6.76. The molecule has 1 amide bonds. The lowest BCUT2D eigenvalue weighted by molar-refractivity contribution is 0.0952. The van der Waals surface area contributed by atoms with E-state index >= 15 is 0 Å². The van der Waals surface area contributed by atoms with Gasteiger partial charge < -0.3 is 10.1 Å². The van der Waals surface area contributed by atoms with E-state index in [9.17, 15) is 9.18 Å². The van der Waals surface area contributed by atoms with Gasteiger partial charge in [0.05, 0.1) is 12.5 Å². The highest BCUT2D eigenvalue weighted by Crippen LogP contribution is 2.39. The van der Waals surface area contributed by atoms with Gasteiger partial charge in [-0.1, -0.05) is 40.2 Å². The SMILES string of the molecule is COc1c(C(=O)NCc2ccccc2Br)sc2cccc(F)c12. The van der Waals surface area contributed by atoms with E-state index in [2.05, 4.69) is 21.2 Å². The topological polar surface area (TPSA) is 38.3 Å². The molecule has 0 fully saturated rings. The van der Waals surface area contributed by atoms with Crippen molar-refractivity contribution in [1.29, 1.82) is 0 Å². The molecule has 1 aromatic heterocycles. The number of benzene rings is 2. The molecular weight excluding hydrogens is 381 g/mol. The molecule has 118 valence electrons. The number of hydrogen-bond acceptors (Lipinski definition) is 3. The summed E-state index contributed by atoms with van der Waals surface area (Å²) < 4.78 is 20.9. The van der Waals surface area contributed by atoms with Gasteiger partial charge in [0.1, 0.15) is 10.7 Å². The molecule has 0 saturated carbocycles. The van der Waals surface area contributed by atoms with Gasteiger partial charge in [-0.05, 0) is 23.8 Å². The maximum Gasteiger partial charge on any atom is 0.265 e. The van der Waals surface area contributed by atoms with E-state index in [-0.39, 0.29) is 17.5 Å². The Morgan fingerprint density at radius 2 is 2.04 bits per heavy atom. The highest BCUT2D eigenvalue weighted by atomic mass is 79.9. The van der Waals surface area contributed by atoms with E-state index in [1.165, 1.54) is 24.5 Å². The molecule has 23 heavy (non-hydrogen) atoms. The summed E-state index contributed by atoms with van der Waals surface area (Å²) in [6, 6.07) is 12.4. The maximum atomic E-state index is 14.0. The summed E-state index contributed by atoms with van der Waals surface area (Å²) in [4.78, 5) is 12.8. The summed E-state index contributed by atoms with van der Waals surface area (Å²) in [5.74, 6) is -0.383. The predicted molar refractivity (Wildman–Crippen MR) is 93.6 cm³/mol. The second kappa shape index (κ2) is 6.68. The Hall–Kier alpha value is -1.92. The number of nitrogens with one attached hydrogen (secondary N) is 1. The molecule has 3 rings (SSSR count). The Kier molecular flexibility index (Phi) is 4.63. The molecule has 2 aromatic carbocycles. The van der Waals surface area contributed by atoms with Gasteiger partial charge in [0.25, 0.3) is 5.91 Å². The van der Waals surface area contributed by atoms with Crippen LogP contribution in [0.1, 0.15) is 15.2 Å². The van der Waals surface area contributed by atoms with Gasteiger partial charge in [-0.15, -0.1) is 11.3 Å². The maximum absolute atomic E-state index is 14.0. The fourth-order valence-corrected chi connectivity index (χ4v) is 3.85. The largest absolute Gasteiger partial charge is 0.494 e. The third-order valence-corrected chi connectivity index (χ3v) is 5.34. The van der Waals surface area contributed by atoms with Crippen molar-refractivity contribution in [3.05, 3.63) is 63.2 Å². The smallest absolute Gasteiger partial charge is 0.265 e. The standard InChI is InChI=1S/C17H13BrFNO2S/c1-22-15-14-12(19)7-4-8-13(14)23-16(15)17(21)20-9-10-5-2-3-6-11(10)18/h2-8H,9H2,1H3,(H,20,21). The molecule has 0 spiro atoms. The lowest BCUT2D eigenvalue weighted by Gasteiger charge is -2.07. The van der Waals surface area contributed by atoms with Crippen LogP contribution in [0.15, 0.2) is 46.9 Å². The first-order valence-electron chi connectivity index (χ1n) is 6.88. The zero-order chi connectivity index (χ0) is 16.4. The van der Waals surface area contributed by atoms with Crippen molar-refractivity contribution < 1.29 is 13.9 Å². The summed E-state index contributed by atoms with van der Waals surface area (Å²) in [5, 5.41) is 3.20. The van der Waals surface area contributed by atoms with E-state index in [1.54, 1.807) is 12.1 Å². The average Bonchev–Trinajstić information content (AvgIpc) is 2.94. The zero-order valence-corrected chi connectivity index (χ0v) is 14.6. The lowest BCUT2D eigenvalue weighted by atomic mass is 10.2. The minimum absolute atomic E-state index is 0.279. The minimum atomic E-state index is -0.388. The van der Waals surface area contributed by atoms with Crippen LogP contribution in [0.4, 0.5) is 4.39 Å². The van der Waals surface area contributed by atoms with Crippen LogP contribution in [0, 0.1) is 5.82 Å². The molecule has 3 nitrogen and oxygen atoms in total. The summed E-state index contributed by atoms with van der Waals surface area (Å²) in [7, 11) is 1.44. The van der Waals surface area contributed by atoms with E-state index in [0.29, 0.717) is 21.5 Å². The molecule has 3 aromatic rings. The van der Waals surface area contributed by atoms with Gasteiger partial charge in [0.2, 0.25) is 0 Å². The molecule has 1 N–H and O–H groups in total. The fourth-order valence-electron chi connectivity index (χ4n) is 2.32. The first kappa shape index (κ1) is 16.0. The number of carbonyl (C=O) groups excluding carboxylic acids is 1. The van der Waals surface area contributed by atoms with Crippen LogP contribution in [-0.4, -0.2) is 13.0 Å². The van der Waals surface area contributed by atoms with Crippen molar-refractivity contribution >= 4 is 43.3 Å². The Morgan fingerprint density at radius 1 is 1.26 bits per heavy atom. The molecule has 0 unspecified atom stereocenters. The molecule has 0 radical (unpaired) electrons. The van der Waals surface area contributed by atoms with Gasteiger partial charge in [-0.3, -0.25) is 4.79 Å². The van der Waals surface area contributed by atoms with Crippen LogP contribution in [-0.2, 0) is 6.54 Å². The summed E-state index contributed by atoms with van der Waals surface area (Å²) in [6.45, 7) is 0.375. The van der Waals surface area contributed by atoms with E-state index in [4.69, 9.17) is 4.74 Å². The number of rotatable bonds is 4. The van der Waals surface area contributed by atoms with E-state index in [1.807, 2.05) is 24.3 Å². The molecule has 6 heteroatoms. The van der Waals surface area contributed by atoms with Crippen molar-refractivity contribution in [3.63, 3.8) is 0 Å². The summed E-state index contributed by atoms with van der Waals surface area (Å²) in [5.41, 5.74) is 0.965. The van der Waals surface area contributed by atoms with Gasteiger partial charge in [0, 0.05) is 15.7 Å². The van der Waals surface area contributed by atoms with Crippen LogP contribution in [0.2, 0.25) is 0 Å². The number of ether oxygens (including phenoxy) is 1. The summed E-state index contributed by atoms with van der Waals surface area (Å²) >= 11 is 4.67. The Labute approximate surface area is 145 Å². The molecule has 0 aliphatic heterocycles. The van der Waals surface area contributed by atoms with Crippen molar-refractivity contribution in [2.75, 3.05) is 7.11 Å². The minimum Gasteiger partial charge on any atom is -0.494 e. The highest BCUT2D eigenvalue weighted by Gasteiger charge is 2.21. The van der Waals surface area contributed by atoms with Crippen LogP contribution in [0.25, 0.3) is 10.1 Å². The van der Waals surface area contributed by atoms with Gasteiger partial charge >= 0.3 is 0 Å². The first-order chi connectivity index (χ1) is 11.1. The number of thiophene rings is 1. The summed E-state index contributed by atoms with van der Waals surface area (Å²) in [6.07, 6.45) is 0. The quantitative estimate of drug-likeness (QED) is 0.694. The Balaban J connectivity index is 1.89. The molecule has 0 atom stereocenters.